The van der Waals surface area contributed by atoms with Gasteiger partial charge in [-0.05, 0) is 12.1 Å². The van der Waals surface area contributed by atoms with E-state index in [2.05, 4.69) is 9.72 Å². The topological polar surface area (TPSA) is 42.4 Å². The molecule has 0 saturated carbocycles. The highest BCUT2D eigenvalue weighted by molar-refractivity contribution is 7.14. The lowest BCUT2D eigenvalue weighted by Crippen LogP contribution is -2.09. The molecule has 0 unspecified atom stereocenters. The van der Waals surface area contributed by atoms with Crippen LogP contribution in [0, 0.1) is 0 Å². The summed E-state index contributed by atoms with van der Waals surface area (Å²) in [5, 5.41) is 2.46. The maximum Gasteiger partial charge on any atom is 0.357 e. The van der Waals surface area contributed by atoms with Crippen molar-refractivity contribution in [1.29, 1.82) is 0 Å². The Labute approximate surface area is 103 Å². The van der Waals surface area contributed by atoms with Gasteiger partial charge in [-0.15, -0.1) is 11.3 Å². The number of carbonyl (C=O) groups is 1. The van der Waals surface area contributed by atoms with Crippen molar-refractivity contribution >= 4 is 28.1 Å². The van der Waals surface area contributed by atoms with Gasteiger partial charge < -0.3 is 9.64 Å². The van der Waals surface area contributed by atoms with Crippen molar-refractivity contribution < 1.29 is 9.53 Å². The highest BCUT2D eigenvalue weighted by Crippen LogP contribution is 2.26. The summed E-state index contributed by atoms with van der Waals surface area (Å²) in [5.74, 6) is -0.408. The molecule has 4 nitrogen and oxygen atoms in total. The number of rotatable bonds is 3. The number of thiazole rings is 1. The predicted octanol–water partition coefficient (Wildman–Crippen LogP) is 2.70. The Hall–Kier alpha value is -1.88. The van der Waals surface area contributed by atoms with Crippen LogP contribution >= 0.6 is 11.3 Å². The Balaban J connectivity index is 2.23. The molecule has 88 valence electrons. The van der Waals surface area contributed by atoms with E-state index in [4.69, 9.17) is 0 Å². The first-order valence-corrected chi connectivity index (χ1v) is 5.93. The van der Waals surface area contributed by atoms with Gasteiger partial charge >= 0.3 is 5.97 Å². The Morgan fingerprint density at radius 1 is 1.35 bits per heavy atom. The van der Waals surface area contributed by atoms with E-state index in [-0.39, 0.29) is 0 Å². The molecule has 1 aromatic heterocycles. The normalized spacial score (nSPS) is 10.0. The van der Waals surface area contributed by atoms with Crippen LogP contribution in [-0.2, 0) is 4.74 Å². The average Bonchev–Trinajstić information content (AvgIpc) is 2.87. The van der Waals surface area contributed by atoms with Crippen LogP contribution < -0.4 is 4.90 Å². The van der Waals surface area contributed by atoms with Crippen LogP contribution in [-0.4, -0.2) is 25.1 Å². The largest absolute Gasteiger partial charge is 0.464 e. The van der Waals surface area contributed by atoms with Crippen LogP contribution in [0.4, 0.5) is 10.8 Å². The van der Waals surface area contributed by atoms with E-state index < -0.39 is 5.97 Å². The monoisotopic (exact) mass is 248 g/mol. The summed E-state index contributed by atoms with van der Waals surface area (Å²) >= 11 is 1.41. The van der Waals surface area contributed by atoms with Crippen LogP contribution in [0.15, 0.2) is 35.7 Å². The van der Waals surface area contributed by atoms with Crippen molar-refractivity contribution in [3.8, 4) is 0 Å². The molecule has 0 N–H and O–H groups in total. The van der Waals surface area contributed by atoms with Crippen molar-refractivity contribution in [1.82, 2.24) is 4.98 Å². The number of esters is 1. The van der Waals surface area contributed by atoms with Crippen LogP contribution in [0.1, 0.15) is 10.5 Å². The molecule has 0 aliphatic carbocycles. The van der Waals surface area contributed by atoms with E-state index in [0.717, 1.165) is 10.8 Å². The fourth-order valence-corrected chi connectivity index (χ4v) is 2.16. The number of nitrogens with zero attached hydrogens (tertiary/aromatic N) is 2. The molecule has 0 saturated heterocycles. The van der Waals surface area contributed by atoms with Gasteiger partial charge in [0.05, 0.1) is 7.11 Å². The smallest absolute Gasteiger partial charge is 0.357 e. The van der Waals surface area contributed by atoms with Crippen molar-refractivity contribution in [3.05, 3.63) is 41.4 Å². The zero-order chi connectivity index (χ0) is 12.3. The first kappa shape index (κ1) is 11.6. The molecule has 0 bridgehead atoms. The Morgan fingerprint density at radius 3 is 2.71 bits per heavy atom. The second-order valence-corrected chi connectivity index (χ2v) is 4.24. The standard InChI is InChI=1S/C12H12N2O2S/c1-14(9-6-4-3-5-7-9)12-13-10(8-17-12)11(15)16-2/h3-8H,1-2H3. The number of ether oxygens (including phenoxy) is 1. The quantitative estimate of drug-likeness (QED) is 0.783. The lowest BCUT2D eigenvalue weighted by atomic mass is 10.3. The van der Waals surface area contributed by atoms with Crippen LogP contribution in [0.2, 0.25) is 0 Å². The van der Waals surface area contributed by atoms with Gasteiger partial charge in [-0.2, -0.15) is 0 Å². The van der Waals surface area contributed by atoms with Gasteiger partial charge in [0.2, 0.25) is 0 Å². The molecule has 0 aliphatic heterocycles. The van der Waals surface area contributed by atoms with Gasteiger partial charge in [0, 0.05) is 18.1 Å². The summed E-state index contributed by atoms with van der Waals surface area (Å²) in [6, 6.07) is 9.85. The molecule has 0 radical (unpaired) electrons. The van der Waals surface area contributed by atoms with E-state index in [1.165, 1.54) is 18.4 Å². The number of para-hydroxylation sites is 1. The second-order valence-electron chi connectivity index (χ2n) is 3.40. The molecular formula is C12H12N2O2S. The third kappa shape index (κ3) is 2.45. The lowest BCUT2D eigenvalue weighted by Gasteiger charge is -2.15. The number of anilines is 2. The number of hydrogen-bond acceptors (Lipinski definition) is 5. The highest BCUT2D eigenvalue weighted by atomic mass is 32.1. The molecule has 2 aromatic rings. The van der Waals surface area contributed by atoms with E-state index in [1.54, 1.807) is 5.38 Å². The number of benzene rings is 1. The Kier molecular flexibility index (Phi) is 3.39. The first-order chi connectivity index (χ1) is 8.22. The minimum atomic E-state index is -0.408. The minimum absolute atomic E-state index is 0.343. The molecule has 1 aromatic carbocycles. The average molecular weight is 248 g/mol. The predicted molar refractivity (Wildman–Crippen MR) is 68.0 cm³/mol. The molecule has 0 fully saturated rings. The maximum atomic E-state index is 11.3. The van der Waals surface area contributed by atoms with Gasteiger partial charge in [-0.25, -0.2) is 9.78 Å². The van der Waals surface area contributed by atoms with Crippen molar-refractivity contribution in [2.75, 3.05) is 19.1 Å². The zero-order valence-corrected chi connectivity index (χ0v) is 10.4. The Bertz CT molecular complexity index is 510. The SMILES string of the molecule is COC(=O)c1csc(N(C)c2ccccc2)n1. The van der Waals surface area contributed by atoms with E-state index in [1.807, 2.05) is 42.3 Å². The molecule has 0 spiro atoms. The maximum absolute atomic E-state index is 11.3. The lowest BCUT2D eigenvalue weighted by molar-refractivity contribution is 0.0595. The third-order valence-electron chi connectivity index (χ3n) is 2.32. The fourth-order valence-electron chi connectivity index (χ4n) is 1.38. The van der Waals surface area contributed by atoms with Crippen molar-refractivity contribution in [3.63, 3.8) is 0 Å². The van der Waals surface area contributed by atoms with Gasteiger partial charge in [0.15, 0.2) is 10.8 Å². The number of hydrogen-bond donors (Lipinski definition) is 0. The summed E-state index contributed by atoms with van der Waals surface area (Å²) < 4.78 is 4.62. The number of aromatic nitrogens is 1. The van der Waals surface area contributed by atoms with E-state index in [9.17, 15) is 4.79 Å². The molecule has 0 aliphatic rings. The van der Waals surface area contributed by atoms with Crippen molar-refractivity contribution in [2.45, 2.75) is 0 Å². The molecule has 5 heteroatoms. The van der Waals surface area contributed by atoms with Gasteiger partial charge in [0.1, 0.15) is 0 Å². The second kappa shape index (κ2) is 4.97. The molecule has 0 amide bonds. The molecule has 2 rings (SSSR count). The molecular weight excluding hydrogens is 236 g/mol. The summed E-state index contributed by atoms with van der Waals surface area (Å²) in [7, 11) is 3.26. The number of carbonyl (C=O) groups excluding carboxylic acids is 1. The van der Waals surface area contributed by atoms with Crippen LogP contribution in [0.25, 0.3) is 0 Å². The van der Waals surface area contributed by atoms with Gasteiger partial charge in [-0.1, -0.05) is 18.2 Å². The Morgan fingerprint density at radius 2 is 2.06 bits per heavy atom. The van der Waals surface area contributed by atoms with Gasteiger partial charge in [-0.3, -0.25) is 0 Å². The third-order valence-corrected chi connectivity index (χ3v) is 3.23. The fraction of sp³-hybridized carbons (Fsp3) is 0.167. The van der Waals surface area contributed by atoms with E-state index in [0.29, 0.717) is 5.69 Å². The zero-order valence-electron chi connectivity index (χ0n) is 9.58. The number of methoxy groups -OCH3 is 1. The molecule has 0 atom stereocenters. The summed E-state index contributed by atoms with van der Waals surface area (Å²) in [4.78, 5) is 17.4. The van der Waals surface area contributed by atoms with Gasteiger partial charge in [0.25, 0.3) is 0 Å². The van der Waals surface area contributed by atoms with Crippen LogP contribution in [0.5, 0.6) is 0 Å². The summed E-state index contributed by atoms with van der Waals surface area (Å²) in [6.07, 6.45) is 0. The summed E-state index contributed by atoms with van der Waals surface area (Å²) in [6.45, 7) is 0. The highest BCUT2D eigenvalue weighted by Gasteiger charge is 2.13. The van der Waals surface area contributed by atoms with Crippen molar-refractivity contribution in [2.24, 2.45) is 0 Å². The first-order valence-electron chi connectivity index (χ1n) is 5.05. The molecule has 17 heavy (non-hydrogen) atoms. The molecule has 1 heterocycles. The summed E-state index contributed by atoms with van der Waals surface area (Å²) in [5.41, 5.74) is 1.37. The minimum Gasteiger partial charge on any atom is -0.464 e. The van der Waals surface area contributed by atoms with E-state index >= 15 is 0 Å². The van der Waals surface area contributed by atoms with Crippen LogP contribution in [0.3, 0.4) is 0 Å².